The van der Waals surface area contributed by atoms with E-state index in [9.17, 15) is 36.6 Å². The summed E-state index contributed by atoms with van der Waals surface area (Å²) in [5, 5.41) is 13.4. The van der Waals surface area contributed by atoms with Crippen LogP contribution in [0, 0.1) is 5.92 Å². The normalized spacial score (nSPS) is 26.8. The summed E-state index contributed by atoms with van der Waals surface area (Å²) in [6, 6.07) is 1.44. The molecule has 3 atom stereocenters. The van der Waals surface area contributed by atoms with Gasteiger partial charge in [-0.3, -0.25) is 4.79 Å². The summed E-state index contributed by atoms with van der Waals surface area (Å²) in [5.74, 6) is -3.39. The van der Waals surface area contributed by atoms with Crippen molar-refractivity contribution in [2.24, 2.45) is 5.92 Å². The number of carbonyl (C=O) groups excluding carboxylic acids is 2. The van der Waals surface area contributed by atoms with Gasteiger partial charge in [-0.25, -0.2) is 4.79 Å². The van der Waals surface area contributed by atoms with Gasteiger partial charge in [0.25, 0.3) is 0 Å². The van der Waals surface area contributed by atoms with Crippen molar-refractivity contribution in [1.29, 1.82) is 0 Å². The minimum absolute atomic E-state index is 0.000610. The average molecular weight is 368 g/mol. The summed E-state index contributed by atoms with van der Waals surface area (Å²) in [7, 11) is 0. The van der Waals surface area contributed by atoms with Crippen molar-refractivity contribution in [3.63, 3.8) is 0 Å². The van der Waals surface area contributed by atoms with Gasteiger partial charge < -0.3 is 20.5 Å². The second-order valence-electron chi connectivity index (χ2n) is 5.38. The van der Waals surface area contributed by atoms with Gasteiger partial charge in [0.05, 0.1) is 12.0 Å². The number of rotatable bonds is 4. The molecule has 0 aliphatic carbocycles. The van der Waals surface area contributed by atoms with Crippen LogP contribution in [0.2, 0.25) is 0 Å². The highest BCUT2D eigenvalue weighted by atomic mass is 19.4. The monoisotopic (exact) mass is 368 g/mol. The zero-order chi connectivity index (χ0) is 19.0. The number of amides is 2. The van der Waals surface area contributed by atoms with Gasteiger partial charge in [-0.1, -0.05) is 12.1 Å². The van der Waals surface area contributed by atoms with E-state index in [1.54, 1.807) is 0 Å². The topological polar surface area (TPSA) is 87.7 Å². The summed E-state index contributed by atoms with van der Waals surface area (Å²) in [5.41, 5.74) is -3.77. The molecular formula is C14H13F5N2O4. The van der Waals surface area contributed by atoms with E-state index in [1.807, 2.05) is 0 Å². The molecule has 1 aromatic carbocycles. The number of hydrogen-bond acceptors (Lipinski definition) is 4. The molecule has 25 heavy (non-hydrogen) atoms. The molecule has 11 heteroatoms. The number of halogens is 5. The third kappa shape index (κ3) is 3.65. The van der Waals surface area contributed by atoms with E-state index < -0.39 is 42.3 Å². The largest absolute Gasteiger partial charge is 0.437 e. The SMILES string of the molecule is CC(=O)[C@@H]1[C@@H](c2ccc(OC(F)F)cc2)NC(=O)N[C@]1(O)C(F)(F)F. The van der Waals surface area contributed by atoms with Crippen molar-refractivity contribution in [2.75, 3.05) is 0 Å². The number of Topliss-reactive ketones (excluding diaryl/α,β-unsaturated/α-hetero) is 1. The lowest BCUT2D eigenvalue weighted by Crippen LogP contribution is -2.72. The van der Waals surface area contributed by atoms with Gasteiger partial charge >= 0.3 is 18.8 Å². The molecule has 138 valence electrons. The number of aliphatic hydroxyl groups is 1. The molecule has 0 aromatic heterocycles. The Morgan fingerprint density at radius 1 is 1.28 bits per heavy atom. The number of hydrogen-bond donors (Lipinski definition) is 3. The number of ketones is 1. The van der Waals surface area contributed by atoms with Crippen LogP contribution in [0.3, 0.4) is 0 Å². The maximum absolute atomic E-state index is 13.3. The summed E-state index contributed by atoms with van der Waals surface area (Å²) in [6.07, 6.45) is -5.32. The molecule has 2 rings (SSSR count). The molecule has 0 unspecified atom stereocenters. The standard InChI is InChI=1S/C14H13F5N2O4/c1-6(22)9-10(7-2-4-8(5-3-7)25-11(15)16)20-12(23)21-13(9,24)14(17,18)19/h2-5,9-11,24H,1H3,(H2,20,21,23)/t9-,10-,13-/m1/s1. The summed E-state index contributed by atoms with van der Waals surface area (Å²) < 4.78 is 68.2. The van der Waals surface area contributed by atoms with Crippen LogP contribution >= 0.6 is 0 Å². The van der Waals surface area contributed by atoms with E-state index >= 15 is 0 Å². The van der Waals surface area contributed by atoms with Crippen LogP contribution in [-0.4, -0.2) is 35.4 Å². The molecule has 0 spiro atoms. The Morgan fingerprint density at radius 2 is 1.84 bits per heavy atom. The fourth-order valence-corrected chi connectivity index (χ4v) is 2.66. The van der Waals surface area contributed by atoms with Crippen LogP contribution in [0.25, 0.3) is 0 Å². The first-order valence-electron chi connectivity index (χ1n) is 6.88. The Hall–Kier alpha value is -2.43. The van der Waals surface area contributed by atoms with Crippen LogP contribution in [0.15, 0.2) is 24.3 Å². The van der Waals surface area contributed by atoms with Gasteiger partial charge in [-0.2, -0.15) is 22.0 Å². The van der Waals surface area contributed by atoms with Gasteiger partial charge in [0.1, 0.15) is 11.5 Å². The number of carbonyl (C=O) groups is 2. The Labute approximate surface area is 138 Å². The Balaban J connectivity index is 2.43. The van der Waals surface area contributed by atoms with Crippen LogP contribution in [0.4, 0.5) is 26.7 Å². The third-order valence-electron chi connectivity index (χ3n) is 3.71. The summed E-state index contributed by atoms with van der Waals surface area (Å²) in [6.45, 7) is -2.26. The number of benzene rings is 1. The molecule has 0 saturated carbocycles. The number of alkyl halides is 5. The number of urea groups is 1. The van der Waals surface area contributed by atoms with E-state index in [-0.39, 0.29) is 11.3 Å². The zero-order valence-electron chi connectivity index (χ0n) is 12.6. The van der Waals surface area contributed by atoms with Crippen molar-refractivity contribution >= 4 is 11.8 Å². The Bertz CT molecular complexity index is 664. The molecule has 6 nitrogen and oxygen atoms in total. The molecule has 2 amide bonds. The molecule has 1 aliphatic rings. The van der Waals surface area contributed by atoms with Crippen LogP contribution < -0.4 is 15.4 Å². The van der Waals surface area contributed by atoms with E-state index in [4.69, 9.17) is 0 Å². The molecule has 0 radical (unpaired) electrons. The van der Waals surface area contributed by atoms with Gasteiger partial charge in [0.2, 0.25) is 5.72 Å². The first kappa shape index (κ1) is 18.9. The quantitative estimate of drug-likeness (QED) is 0.711. The fourth-order valence-electron chi connectivity index (χ4n) is 2.66. The van der Waals surface area contributed by atoms with Crippen molar-refractivity contribution in [3.05, 3.63) is 29.8 Å². The molecule has 0 bridgehead atoms. The van der Waals surface area contributed by atoms with Crippen LogP contribution in [0.1, 0.15) is 18.5 Å². The van der Waals surface area contributed by atoms with Gasteiger partial charge in [-0.05, 0) is 24.6 Å². The molecule has 1 fully saturated rings. The number of ether oxygens (including phenoxy) is 1. The van der Waals surface area contributed by atoms with Crippen LogP contribution in [-0.2, 0) is 4.79 Å². The second kappa shape index (κ2) is 6.47. The predicted molar refractivity (Wildman–Crippen MR) is 72.7 cm³/mol. The van der Waals surface area contributed by atoms with Crippen molar-refractivity contribution in [2.45, 2.75) is 31.5 Å². The number of nitrogens with one attached hydrogen (secondary N) is 2. The lowest BCUT2D eigenvalue weighted by atomic mass is 9.79. The fraction of sp³-hybridized carbons (Fsp3) is 0.429. The highest BCUT2D eigenvalue weighted by molar-refractivity contribution is 5.86. The van der Waals surface area contributed by atoms with Gasteiger partial charge in [-0.15, -0.1) is 0 Å². The van der Waals surface area contributed by atoms with E-state index in [0.29, 0.717) is 0 Å². The maximum Gasteiger partial charge on any atom is 0.437 e. The molecule has 1 aliphatic heterocycles. The minimum atomic E-state index is -5.32. The molecule has 1 saturated heterocycles. The van der Waals surface area contributed by atoms with E-state index in [0.717, 1.165) is 31.2 Å². The minimum Gasteiger partial charge on any atom is -0.435 e. The predicted octanol–water partition coefficient (Wildman–Crippen LogP) is 2.10. The molecule has 1 heterocycles. The van der Waals surface area contributed by atoms with Gasteiger partial charge in [0, 0.05) is 0 Å². The third-order valence-corrected chi connectivity index (χ3v) is 3.71. The first-order chi connectivity index (χ1) is 11.5. The molecular weight excluding hydrogens is 355 g/mol. The van der Waals surface area contributed by atoms with Crippen molar-refractivity contribution in [3.8, 4) is 5.75 Å². The second-order valence-corrected chi connectivity index (χ2v) is 5.38. The lowest BCUT2D eigenvalue weighted by molar-refractivity contribution is -0.290. The zero-order valence-corrected chi connectivity index (χ0v) is 12.6. The highest BCUT2D eigenvalue weighted by Crippen LogP contribution is 2.42. The molecule has 3 N–H and O–H groups in total. The maximum atomic E-state index is 13.3. The van der Waals surface area contributed by atoms with Gasteiger partial charge in [0.15, 0.2) is 0 Å². The molecule has 1 aromatic rings. The Kier molecular flexibility index (Phi) is 4.89. The lowest BCUT2D eigenvalue weighted by Gasteiger charge is -2.44. The van der Waals surface area contributed by atoms with Crippen molar-refractivity contribution in [1.82, 2.24) is 10.6 Å². The summed E-state index contributed by atoms with van der Waals surface area (Å²) in [4.78, 5) is 23.4. The first-order valence-corrected chi connectivity index (χ1v) is 6.88. The smallest absolute Gasteiger partial charge is 0.435 e. The van der Waals surface area contributed by atoms with E-state index in [2.05, 4.69) is 10.1 Å². The Morgan fingerprint density at radius 3 is 2.28 bits per heavy atom. The highest BCUT2D eigenvalue weighted by Gasteiger charge is 2.65. The van der Waals surface area contributed by atoms with Crippen molar-refractivity contribution < 1.29 is 41.4 Å². The summed E-state index contributed by atoms with van der Waals surface area (Å²) >= 11 is 0. The average Bonchev–Trinajstić information content (AvgIpc) is 2.44. The van der Waals surface area contributed by atoms with E-state index in [1.165, 1.54) is 5.32 Å². The van der Waals surface area contributed by atoms with Crippen LogP contribution in [0.5, 0.6) is 5.75 Å².